The molecule has 1 aromatic heterocycles. The minimum Gasteiger partial charge on any atom is -0.458 e. The average Bonchev–Trinajstić information content (AvgIpc) is 3.40. The predicted molar refractivity (Wildman–Crippen MR) is 219 cm³/mol. The summed E-state index contributed by atoms with van der Waals surface area (Å²) in [5, 5.41) is 1.35. The Morgan fingerprint density at radius 2 is 1.26 bits per heavy atom. The van der Waals surface area contributed by atoms with E-state index in [0.29, 0.717) is 0 Å². The molecule has 0 spiro atoms. The van der Waals surface area contributed by atoms with Gasteiger partial charge in [0, 0.05) is 26.2 Å². The molecule has 3 aliphatic rings. The van der Waals surface area contributed by atoms with Gasteiger partial charge in [-0.1, -0.05) is 114 Å². The molecule has 8 rings (SSSR count). The smallest absolute Gasteiger partial charge is 0.268 e. The molecule has 2 aliphatic heterocycles. The SMILES string of the molecule is CC(C)(C)c1cc(N2c3cccc4c3B(c3cc5c(cc3O4)C(C)(C)CCC5(C)C)c3sc4ccc(C(C)(C)C)cc4c32)cc(C(C)(C)C)c1. The van der Waals surface area contributed by atoms with Crippen molar-refractivity contribution in [1.82, 2.24) is 0 Å². The highest BCUT2D eigenvalue weighted by Gasteiger charge is 2.46. The van der Waals surface area contributed by atoms with E-state index in [0.717, 1.165) is 11.5 Å². The summed E-state index contributed by atoms with van der Waals surface area (Å²) in [7, 11) is 0. The number of ether oxygens (including phenoxy) is 1. The molecule has 0 saturated heterocycles. The fraction of sp³-hybridized carbons (Fsp3) is 0.435. The Labute approximate surface area is 305 Å². The highest BCUT2D eigenvalue weighted by molar-refractivity contribution is 7.33. The number of rotatable bonds is 1. The van der Waals surface area contributed by atoms with Crippen molar-refractivity contribution in [3.05, 3.63) is 94.5 Å². The molecule has 0 saturated carbocycles. The van der Waals surface area contributed by atoms with E-state index < -0.39 is 0 Å². The number of anilines is 3. The summed E-state index contributed by atoms with van der Waals surface area (Å²) in [5.41, 5.74) is 13.7. The van der Waals surface area contributed by atoms with E-state index in [1.54, 1.807) is 0 Å². The van der Waals surface area contributed by atoms with Crippen LogP contribution in [0.2, 0.25) is 0 Å². The van der Waals surface area contributed by atoms with E-state index in [2.05, 4.69) is 162 Å². The van der Waals surface area contributed by atoms with Crippen LogP contribution in [0.15, 0.2) is 66.7 Å². The van der Waals surface area contributed by atoms with Crippen LogP contribution in [0, 0.1) is 0 Å². The number of thiophene rings is 1. The molecule has 4 aromatic carbocycles. The van der Waals surface area contributed by atoms with Crippen LogP contribution in [-0.2, 0) is 27.1 Å². The number of nitrogens with zero attached hydrogens (tertiary/aromatic N) is 1. The number of hydrogen-bond acceptors (Lipinski definition) is 3. The van der Waals surface area contributed by atoms with Gasteiger partial charge in [0.05, 0.1) is 5.69 Å². The molecule has 50 heavy (non-hydrogen) atoms. The van der Waals surface area contributed by atoms with Crippen LogP contribution < -0.4 is 25.3 Å². The molecule has 4 heteroatoms. The summed E-state index contributed by atoms with van der Waals surface area (Å²) in [4.78, 5) is 2.60. The lowest BCUT2D eigenvalue weighted by atomic mass is 9.36. The summed E-state index contributed by atoms with van der Waals surface area (Å²) >= 11 is 1.98. The van der Waals surface area contributed by atoms with Crippen molar-refractivity contribution in [3.63, 3.8) is 0 Å². The highest BCUT2D eigenvalue weighted by Crippen LogP contribution is 2.51. The topological polar surface area (TPSA) is 12.5 Å². The summed E-state index contributed by atoms with van der Waals surface area (Å²) in [6.07, 6.45) is 2.38. The zero-order chi connectivity index (χ0) is 35.9. The van der Waals surface area contributed by atoms with E-state index in [-0.39, 0.29) is 33.8 Å². The lowest BCUT2D eigenvalue weighted by Crippen LogP contribution is -2.59. The second-order valence-corrected chi connectivity index (χ2v) is 20.9. The van der Waals surface area contributed by atoms with Crippen molar-refractivity contribution in [2.24, 2.45) is 0 Å². The highest BCUT2D eigenvalue weighted by atomic mass is 32.1. The molecule has 0 bridgehead atoms. The molecule has 5 aromatic rings. The van der Waals surface area contributed by atoms with Gasteiger partial charge >= 0.3 is 0 Å². The first-order valence-corrected chi connectivity index (χ1v) is 19.5. The molecule has 3 heterocycles. The van der Waals surface area contributed by atoms with E-state index in [1.807, 2.05) is 11.3 Å². The second-order valence-electron chi connectivity index (χ2n) is 19.8. The van der Waals surface area contributed by atoms with Crippen LogP contribution in [0.1, 0.15) is 131 Å². The van der Waals surface area contributed by atoms with Crippen LogP contribution >= 0.6 is 11.3 Å². The van der Waals surface area contributed by atoms with Crippen molar-refractivity contribution in [3.8, 4) is 11.5 Å². The zero-order valence-electron chi connectivity index (χ0n) is 32.6. The third-order valence-electron chi connectivity index (χ3n) is 12.0. The van der Waals surface area contributed by atoms with Crippen LogP contribution in [0.25, 0.3) is 10.1 Å². The van der Waals surface area contributed by atoms with Crippen LogP contribution in [0.5, 0.6) is 11.5 Å². The fourth-order valence-corrected chi connectivity index (χ4v) is 9.87. The molecule has 2 nitrogen and oxygen atoms in total. The van der Waals surface area contributed by atoms with Gasteiger partial charge in [-0.3, -0.25) is 0 Å². The molecule has 0 unspecified atom stereocenters. The third kappa shape index (κ3) is 5.10. The summed E-state index contributed by atoms with van der Waals surface area (Å²) in [5.74, 6) is 2.01. The molecule has 1 aliphatic carbocycles. The van der Waals surface area contributed by atoms with Crippen molar-refractivity contribution < 1.29 is 4.74 Å². The van der Waals surface area contributed by atoms with Gasteiger partial charge in [-0.05, 0) is 121 Å². The maximum Gasteiger partial charge on any atom is 0.268 e. The molecular formula is C46H54BNOS. The molecule has 0 radical (unpaired) electrons. The second kappa shape index (κ2) is 10.5. The molecule has 0 N–H and O–H groups in total. The molecule has 0 atom stereocenters. The van der Waals surface area contributed by atoms with Gasteiger partial charge in [0.2, 0.25) is 0 Å². The Hall–Kier alpha value is -3.50. The summed E-state index contributed by atoms with van der Waals surface area (Å²) in [6, 6.07) is 26.3. The van der Waals surface area contributed by atoms with Crippen molar-refractivity contribution in [2.45, 2.75) is 130 Å². The molecule has 0 fully saturated rings. The minimum atomic E-state index is 0.00508. The van der Waals surface area contributed by atoms with Gasteiger partial charge in [-0.2, -0.15) is 0 Å². The lowest BCUT2D eigenvalue weighted by molar-refractivity contribution is 0.330. The first-order valence-electron chi connectivity index (χ1n) is 18.7. The van der Waals surface area contributed by atoms with E-state index in [9.17, 15) is 0 Å². The number of hydrogen-bond donors (Lipinski definition) is 0. The third-order valence-corrected chi connectivity index (χ3v) is 13.3. The van der Waals surface area contributed by atoms with Gasteiger partial charge in [0.1, 0.15) is 11.5 Å². The first kappa shape index (κ1) is 33.6. The number of fused-ring (bicyclic) bond motifs is 7. The largest absolute Gasteiger partial charge is 0.458 e. The van der Waals surface area contributed by atoms with Gasteiger partial charge in [0.15, 0.2) is 0 Å². The minimum absolute atomic E-state index is 0.00508. The van der Waals surface area contributed by atoms with Crippen LogP contribution in [0.3, 0.4) is 0 Å². The van der Waals surface area contributed by atoms with Crippen LogP contribution in [0.4, 0.5) is 17.1 Å². The fourth-order valence-electron chi connectivity index (χ4n) is 8.57. The Bertz CT molecular complexity index is 2180. The Kier molecular flexibility index (Phi) is 7.09. The van der Waals surface area contributed by atoms with Crippen molar-refractivity contribution >= 4 is 60.9 Å². The molecule has 0 amide bonds. The standard InChI is InChI=1S/C46H54BNOS/c1-42(2,3)27-17-18-38-31(24-27)40-41(50-38)47-34-25-32-33(46(12,13)20-19-45(32,10)11)26-37(34)49-36-16-14-15-35(39(36)47)48(40)30-22-28(43(4,5)6)21-29(23-30)44(7,8)9/h14-18,21-26H,19-20H2,1-13H3. The van der Waals surface area contributed by atoms with E-state index in [4.69, 9.17) is 4.74 Å². The van der Waals surface area contributed by atoms with Gasteiger partial charge in [0.25, 0.3) is 6.71 Å². The maximum atomic E-state index is 7.02. The average molecular weight is 680 g/mol. The Balaban J connectivity index is 1.47. The molecular weight excluding hydrogens is 625 g/mol. The normalized spacial score (nSPS) is 17.5. The van der Waals surface area contributed by atoms with Gasteiger partial charge < -0.3 is 9.64 Å². The Morgan fingerprint density at radius 3 is 1.86 bits per heavy atom. The van der Waals surface area contributed by atoms with Crippen molar-refractivity contribution in [2.75, 3.05) is 4.90 Å². The first-order chi connectivity index (χ1) is 23.1. The predicted octanol–water partition coefficient (Wildman–Crippen LogP) is 11.5. The summed E-state index contributed by atoms with van der Waals surface area (Å²) < 4.78 is 9.79. The zero-order valence-corrected chi connectivity index (χ0v) is 33.4. The van der Waals surface area contributed by atoms with E-state index in [1.165, 1.54) is 83.5 Å². The maximum absolute atomic E-state index is 7.02. The monoisotopic (exact) mass is 679 g/mol. The molecule has 258 valence electrons. The van der Waals surface area contributed by atoms with Gasteiger partial charge in [-0.15, -0.1) is 11.3 Å². The van der Waals surface area contributed by atoms with Crippen molar-refractivity contribution in [1.29, 1.82) is 0 Å². The lowest BCUT2D eigenvalue weighted by Gasteiger charge is -2.44. The quantitative estimate of drug-likeness (QED) is 0.160. The van der Waals surface area contributed by atoms with Gasteiger partial charge in [-0.25, -0.2) is 0 Å². The Morgan fingerprint density at radius 1 is 0.660 bits per heavy atom. The summed E-state index contributed by atoms with van der Waals surface area (Å²) in [6.45, 7) is 30.8. The van der Waals surface area contributed by atoms with Crippen LogP contribution in [-0.4, -0.2) is 6.71 Å². The van der Waals surface area contributed by atoms with E-state index >= 15 is 0 Å². The number of benzene rings is 4.